The third-order valence-electron chi connectivity index (χ3n) is 0. The van der Waals surface area contributed by atoms with Gasteiger partial charge in [-0.25, -0.2) is 0 Å². The summed E-state index contributed by atoms with van der Waals surface area (Å²) in [6.45, 7) is 0. The molecule has 0 radical (unpaired) electrons. The molecule has 7 heteroatoms. The van der Waals surface area contributed by atoms with Gasteiger partial charge in [0, 0.05) is 0 Å². The second-order valence-corrected chi connectivity index (χ2v) is 0. The van der Waals surface area contributed by atoms with Crippen LogP contribution >= 0.6 is 67.9 Å². The number of hydrogen-bond acceptors (Lipinski definition) is 0. The van der Waals surface area contributed by atoms with Crippen LogP contribution in [0.2, 0.25) is 0 Å². The summed E-state index contributed by atoms with van der Waals surface area (Å²) in [5.41, 5.74) is 0. The van der Waals surface area contributed by atoms with Gasteiger partial charge < -0.3 is 16.4 Å². The third kappa shape index (κ3) is 81.0. The number of hydrogen-bond donors (Lipinski definition) is 0. The maximum absolute atomic E-state index is 0. The summed E-state index contributed by atoms with van der Waals surface area (Å²) in [4.78, 5) is 0. The molecule has 0 amide bonds. The van der Waals surface area contributed by atoms with E-state index < -0.39 is 0 Å². The molecule has 0 fully saturated rings. The topological polar surface area (TPSA) is 94.5 Å². The highest BCUT2D eigenvalue weighted by Crippen LogP contribution is 0.849. The van der Waals surface area contributed by atoms with Gasteiger partial charge in [-0.05, 0) is 0 Å². The molecule has 56 valence electrons. The Morgan fingerprint density at radius 3 is 0.286 bits per heavy atom. The van der Waals surface area contributed by atoms with Crippen LogP contribution in [0.4, 0.5) is 0 Å². The first-order chi connectivity index (χ1) is 0. The Labute approximate surface area is 83.9 Å². The Hall–Kier alpha value is 1.80. The predicted molar refractivity (Wildman–Crippen MR) is 52.1 cm³/mol. The largest absolute Gasteiger partial charge is 0.412 e. The molecule has 0 atom stereocenters. The normalized spacial score (nSPS) is 0. The van der Waals surface area contributed by atoms with Crippen LogP contribution in [-0.4, -0.2) is 16.4 Å². The third-order valence-corrected chi connectivity index (χ3v) is 0. The molecular weight excluding hydrogens is 368 g/mol. The maximum Gasteiger partial charge on any atom is -0.114 e. The Morgan fingerprint density at radius 2 is 0.286 bits per heavy atom. The van der Waals surface area contributed by atoms with E-state index in [9.17, 15) is 0 Å². The van der Waals surface area contributed by atoms with E-state index in [4.69, 9.17) is 0 Å². The van der Waals surface area contributed by atoms with Crippen molar-refractivity contribution in [1.82, 2.24) is 0 Å². The summed E-state index contributed by atoms with van der Waals surface area (Å²) in [7, 11) is 0. The molecule has 0 aromatic carbocycles. The fourth-order valence-electron chi connectivity index (χ4n) is 0. The first-order valence-electron chi connectivity index (χ1n) is 0. The molecule has 0 aromatic heterocycles. The van der Waals surface area contributed by atoms with Gasteiger partial charge in [-0.2, -0.15) is 0 Å². The molecule has 6 N–H and O–H groups in total. The Morgan fingerprint density at radius 1 is 0.286 bits per heavy atom. The molecule has 3 nitrogen and oxygen atoms in total. The number of rotatable bonds is 0. The minimum atomic E-state index is 0. The lowest BCUT2D eigenvalue weighted by atomic mass is 16.0. The van der Waals surface area contributed by atoms with Gasteiger partial charge in [0.1, 0.15) is 0 Å². The van der Waals surface area contributed by atoms with Crippen molar-refractivity contribution in [2.24, 2.45) is 0 Å². The second-order valence-electron chi connectivity index (χ2n) is 0. The molecule has 0 rings (SSSR count). The Balaban J connectivity index is 0. The van der Waals surface area contributed by atoms with Gasteiger partial charge in [0.25, 0.3) is 0 Å². The monoisotopic (exact) mass is 374 g/mol. The van der Waals surface area contributed by atoms with Gasteiger partial charge in [0.15, 0.2) is 0 Å². The lowest BCUT2D eigenvalue weighted by molar-refractivity contribution is 0.823. The summed E-state index contributed by atoms with van der Waals surface area (Å²) in [5.74, 6) is 0. The minimum Gasteiger partial charge on any atom is -0.412 e. The minimum absolute atomic E-state index is 0. The van der Waals surface area contributed by atoms with Crippen LogP contribution in [-0.2, 0) is 0 Å². The molecule has 0 bridgehead atoms. The van der Waals surface area contributed by atoms with Crippen molar-refractivity contribution >= 4 is 67.9 Å². The van der Waals surface area contributed by atoms with E-state index >= 15 is 0 Å². The highest BCUT2D eigenvalue weighted by molar-refractivity contribution is 8.93. The molecular formula is H10Br4O3. The average Bonchev–Trinajstić information content (AvgIpc) is 0. The summed E-state index contributed by atoms with van der Waals surface area (Å²) < 4.78 is 0. The zero-order valence-electron chi connectivity index (χ0n) is 3.13. The van der Waals surface area contributed by atoms with Crippen molar-refractivity contribution in [2.75, 3.05) is 0 Å². The van der Waals surface area contributed by atoms with Crippen LogP contribution in [0.3, 0.4) is 0 Å². The van der Waals surface area contributed by atoms with Crippen molar-refractivity contribution in [3.05, 3.63) is 0 Å². The smallest absolute Gasteiger partial charge is 0.114 e. The molecule has 0 aliphatic rings. The van der Waals surface area contributed by atoms with Gasteiger partial charge in [0.2, 0.25) is 0 Å². The standard InChI is InChI=1S/4BrH.3H2O/h4*1H;3*1H2. The summed E-state index contributed by atoms with van der Waals surface area (Å²) in [6, 6.07) is 0. The van der Waals surface area contributed by atoms with Crippen molar-refractivity contribution < 1.29 is 16.4 Å². The van der Waals surface area contributed by atoms with Gasteiger partial charge in [-0.15, -0.1) is 67.9 Å². The fraction of sp³-hybridized carbons (Fsp3) is 0. The molecule has 0 aliphatic carbocycles. The zero-order valence-corrected chi connectivity index (χ0v) is 9.99. The quantitative estimate of drug-likeness (QED) is 0.561. The highest BCUT2D eigenvalue weighted by atomic mass is 79.9. The molecule has 0 aromatic rings. The van der Waals surface area contributed by atoms with Crippen LogP contribution in [0.15, 0.2) is 0 Å². The maximum atomic E-state index is 0. The molecule has 0 spiro atoms. The predicted octanol–water partition coefficient (Wildman–Crippen LogP) is -0.162. The summed E-state index contributed by atoms with van der Waals surface area (Å²) in [5, 5.41) is 0. The molecule has 0 unspecified atom stereocenters. The summed E-state index contributed by atoms with van der Waals surface area (Å²) >= 11 is 0. The van der Waals surface area contributed by atoms with E-state index in [1.807, 2.05) is 0 Å². The van der Waals surface area contributed by atoms with E-state index in [1.165, 1.54) is 0 Å². The van der Waals surface area contributed by atoms with Crippen molar-refractivity contribution in [1.29, 1.82) is 0 Å². The van der Waals surface area contributed by atoms with Gasteiger partial charge >= 0.3 is 0 Å². The van der Waals surface area contributed by atoms with E-state index in [0.29, 0.717) is 0 Å². The fourth-order valence-corrected chi connectivity index (χ4v) is 0. The second kappa shape index (κ2) is 111. The van der Waals surface area contributed by atoms with Crippen LogP contribution < -0.4 is 0 Å². The van der Waals surface area contributed by atoms with E-state index in [1.54, 1.807) is 0 Å². The molecule has 0 saturated heterocycles. The van der Waals surface area contributed by atoms with Crippen LogP contribution in [0.1, 0.15) is 0 Å². The van der Waals surface area contributed by atoms with E-state index in [2.05, 4.69) is 0 Å². The Kier molecular flexibility index (Phi) is 2630. The van der Waals surface area contributed by atoms with Crippen LogP contribution in [0.5, 0.6) is 0 Å². The molecule has 0 aliphatic heterocycles. The SMILES string of the molecule is Br.Br.Br.Br.O.O.O. The first kappa shape index (κ1) is 165. The molecule has 0 saturated carbocycles. The lowest BCUT2D eigenvalue weighted by Gasteiger charge is -0.413. The lowest BCUT2D eigenvalue weighted by Crippen LogP contribution is -0.290. The Bertz CT molecular complexity index is 6.90. The van der Waals surface area contributed by atoms with E-state index in [0.717, 1.165) is 0 Å². The van der Waals surface area contributed by atoms with Gasteiger partial charge in [0.05, 0.1) is 0 Å². The number of halogens is 4. The van der Waals surface area contributed by atoms with Crippen molar-refractivity contribution in [2.45, 2.75) is 0 Å². The van der Waals surface area contributed by atoms with Crippen molar-refractivity contribution in [3.8, 4) is 0 Å². The zero-order chi connectivity index (χ0) is 0. The van der Waals surface area contributed by atoms with Crippen LogP contribution in [0, 0.1) is 0 Å². The highest BCUT2D eigenvalue weighted by Gasteiger charge is -0.111. The average molecular weight is 378 g/mol. The first-order valence-corrected chi connectivity index (χ1v) is 0. The van der Waals surface area contributed by atoms with Gasteiger partial charge in [-0.3, -0.25) is 0 Å². The summed E-state index contributed by atoms with van der Waals surface area (Å²) in [6.07, 6.45) is 0. The van der Waals surface area contributed by atoms with Crippen LogP contribution in [0.25, 0.3) is 0 Å². The molecule has 0 heterocycles. The molecule has 7 heavy (non-hydrogen) atoms. The van der Waals surface area contributed by atoms with E-state index in [-0.39, 0.29) is 84.4 Å². The van der Waals surface area contributed by atoms with Gasteiger partial charge in [-0.1, -0.05) is 0 Å². The van der Waals surface area contributed by atoms with Crippen molar-refractivity contribution in [3.63, 3.8) is 0 Å².